The first kappa shape index (κ1) is 23.2. The van der Waals surface area contributed by atoms with E-state index in [4.69, 9.17) is 4.11 Å². The number of aromatic nitrogens is 2. The maximum Gasteiger partial charge on any atom is 0.0776 e. The van der Waals surface area contributed by atoms with Crippen molar-refractivity contribution in [3.63, 3.8) is 0 Å². The molecule has 2 nitrogen and oxygen atoms in total. The third-order valence-corrected chi connectivity index (χ3v) is 9.21. The molecule has 0 bridgehead atoms. The fraction of sp³-hybridized carbons (Fsp3) is 0.125. The summed E-state index contributed by atoms with van der Waals surface area (Å²) in [4.78, 5) is 8.65. The minimum Gasteiger partial charge on any atom is -0.305 e. The van der Waals surface area contributed by atoms with Gasteiger partial charge < -0.3 is 9.97 Å². The van der Waals surface area contributed by atoms with Gasteiger partial charge in [0.2, 0.25) is 0 Å². The zero-order chi connectivity index (χ0) is 27.6. The van der Waals surface area contributed by atoms with Crippen molar-refractivity contribution >= 4 is 44.8 Å². The van der Waals surface area contributed by atoms with Crippen LogP contribution in [0.25, 0.3) is 42.7 Å². The molecule has 0 aliphatic heterocycles. The summed E-state index contributed by atoms with van der Waals surface area (Å²) < 4.78 is 24.6. The predicted octanol–water partition coefficient (Wildman–Crippen LogP) is 8.32. The second-order valence-electron chi connectivity index (χ2n) is 9.58. The molecule has 5 heteroatoms. The molecule has 1 radical (unpaired) electrons. The van der Waals surface area contributed by atoms with E-state index in [0.29, 0.717) is 11.3 Å². The number of hydrogen-bond acceptors (Lipinski definition) is 3. The van der Waals surface area contributed by atoms with Crippen LogP contribution in [0.1, 0.15) is 9.68 Å². The Morgan fingerprint density at radius 1 is 0.784 bits per heavy atom. The second-order valence-corrected chi connectivity index (χ2v) is 15.7. The van der Waals surface area contributed by atoms with Gasteiger partial charge in [-0.2, -0.15) is 11.3 Å². The van der Waals surface area contributed by atoms with Crippen molar-refractivity contribution in [2.75, 3.05) is 0 Å². The number of fused-ring (bicyclic) bond motifs is 3. The Morgan fingerprint density at radius 3 is 2.35 bits per heavy atom. The summed E-state index contributed by atoms with van der Waals surface area (Å²) in [7, 11) is -1.30. The predicted molar refractivity (Wildman–Crippen MR) is 158 cm³/mol. The Hall–Kier alpha value is -2.95. The minimum atomic E-state index is -2.09. The Morgan fingerprint density at radius 2 is 1.62 bits per heavy atom. The topological polar surface area (TPSA) is 25.8 Å². The van der Waals surface area contributed by atoms with E-state index in [1.54, 1.807) is 12.1 Å². The van der Waals surface area contributed by atoms with Gasteiger partial charge in [-0.15, -0.1) is 59.7 Å². The smallest absolute Gasteiger partial charge is 0.0776 e. The Balaban J connectivity index is 0.000000192. The van der Waals surface area contributed by atoms with E-state index in [1.807, 2.05) is 53.9 Å². The SMILES string of the molecule is C[Si](C)(C)c1ccc2sc3c(-c4ccccn4)[c-]ccc3c2c1.[2H]C([2H])([2H])c1ccnc(-c2[c-]cccc2)c1.[Ir]. The summed E-state index contributed by atoms with van der Waals surface area (Å²) in [5.41, 5.74) is 3.84. The Bertz CT molecular complexity index is 1730. The monoisotopic (exact) mass is 696 g/mol. The molecule has 6 rings (SSSR count). The van der Waals surface area contributed by atoms with Gasteiger partial charge in [-0.05, 0) is 46.5 Å². The fourth-order valence-corrected chi connectivity index (χ4v) is 6.39. The van der Waals surface area contributed by atoms with Crippen molar-refractivity contribution < 1.29 is 24.2 Å². The molecule has 0 fully saturated rings. The molecule has 3 heterocycles. The van der Waals surface area contributed by atoms with E-state index in [-0.39, 0.29) is 20.1 Å². The molecule has 0 spiro atoms. The first-order valence-corrected chi connectivity index (χ1v) is 16.2. The van der Waals surface area contributed by atoms with Crippen LogP contribution in [0.4, 0.5) is 0 Å². The van der Waals surface area contributed by atoms with Crippen LogP contribution in [0, 0.1) is 19.0 Å². The summed E-state index contributed by atoms with van der Waals surface area (Å²) in [6.07, 6.45) is 3.36. The summed E-state index contributed by atoms with van der Waals surface area (Å²) in [6.45, 7) is 5.11. The molecule has 187 valence electrons. The first-order chi connectivity index (χ1) is 18.6. The van der Waals surface area contributed by atoms with E-state index in [9.17, 15) is 0 Å². The number of rotatable bonds is 3. The molecule has 3 aromatic heterocycles. The maximum absolute atomic E-state index is 7.33. The number of aryl methyl sites for hydroxylation is 1. The molecular formula is C32H28IrN2SSi-2. The van der Waals surface area contributed by atoms with Crippen LogP contribution in [0.2, 0.25) is 19.6 Å². The van der Waals surface area contributed by atoms with Crippen molar-refractivity contribution in [2.45, 2.75) is 26.5 Å². The van der Waals surface area contributed by atoms with E-state index < -0.39 is 14.9 Å². The van der Waals surface area contributed by atoms with Gasteiger partial charge >= 0.3 is 0 Å². The molecule has 0 atom stereocenters. The third kappa shape index (κ3) is 6.14. The standard InChI is InChI=1S/C20H18NSSi.C12H10N.Ir/c1-23(2,3)14-10-11-19-17(13-14)15-7-6-8-16(20(15)22-19)18-9-4-5-12-21-18;1-10-7-8-13-12(9-10)11-5-3-2-4-6-11;/h4-7,9-13H,1-3H3;2-5,7-9H,1H3;/q2*-1;/i;1D3;. The molecule has 37 heavy (non-hydrogen) atoms. The summed E-state index contributed by atoms with van der Waals surface area (Å²) in [5.74, 6) is 0. The number of hydrogen-bond donors (Lipinski definition) is 0. The summed E-state index contributed by atoms with van der Waals surface area (Å²) >= 11 is 1.85. The number of nitrogens with zero attached hydrogens (tertiary/aromatic N) is 2. The quantitative estimate of drug-likeness (QED) is 0.138. The van der Waals surface area contributed by atoms with Crippen molar-refractivity contribution in [2.24, 2.45) is 0 Å². The van der Waals surface area contributed by atoms with Gasteiger partial charge in [-0.1, -0.05) is 66.1 Å². The van der Waals surface area contributed by atoms with Crippen LogP contribution in [0.3, 0.4) is 0 Å². The van der Waals surface area contributed by atoms with Crippen molar-refractivity contribution in [1.29, 1.82) is 0 Å². The molecule has 0 aliphatic carbocycles. The summed E-state index contributed by atoms with van der Waals surface area (Å²) in [6, 6.07) is 34.1. The summed E-state index contributed by atoms with van der Waals surface area (Å²) in [5, 5.41) is 4.21. The van der Waals surface area contributed by atoms with E-state index in [0.717, 1.165) is 16.8 Å². The second kappa shape index (κ2) is 11.6. The van der Waals surface area contributed by atoms with Crippen LogP contribution in [-0.2, 0) is 20.1 Å². The molecular weight excluding hydrogens is 665 g/mol. The van der Waals surface area contributed by atoms with Crippen molar-refractivity contribution in [1.82, 2.24) is 9.97 Å². The van der Waals surface area contributed by atoms with Gasteiger partial charge in [0.05, 0.1) is 8.07 Å². The van der Waals surface area contributed by atoms with Gasteiger partial charge in [0.15, 0.2) is 0 Å². The molecule has 0 saturated heterocycles. The number of thiophene rings is 1. The van der Waals surface area contributed by atoms with E-state index in [1.165, 1.54) is 37.6 Å². The van der Waals surface area contributed by atoms with Gasteiger partial charge in [0, 0.05) is 41.3 Å². The number of pyridine rings is 2. The van der Waals surface area contributed by atoms with Crippen LogP contribution in [0.5, 0.6) is 0 Å². The Kier molecular flexibility index (Phi) is 7.28. The molecule has 6 aromatic rings. The van der Waals surface area contributed by atoms with Crippen molar-refractivity contribution in [3.8, 4) is 22.5 Å². The van der Waals surface area contributed by atoms with Crippen LogP contribution >= 0.6 is 11.3 Å². The van der Waals surface area contributed by atoms with Crippen molar-refractivity contribution in [3.05, 3.63) is 115 Å². The molecule has 0 amide bonds. The van der Waals surface area contributed by atoms with Crippen LogP contribution in [-0.4, -0.2) is 18.0 Å². The fourth-order valence-electron chi connectivity index (χ4n) is 4.04. The number of benzene rings is 3. The normalized spacial score (nSPS) is 12.6. The molecule has 0 unspecified atom stereocenters. The molecule has 0 N–H and O–H groups in total. The third-order valence-electron chi connectivity index (χ3n) is 5.96. The van der Waals surface area contributed by atoms with E-state index >= 15 is 0 Å². The van der Waals surface area contributed by atoms with Gasteiger partial charge in [0.25, 0.3) is 0 Å². The average molecular weight is 696 g/mol. The van der Waals surface area contributed by atoms with Gasteiger partial charge in [0.1, 0.15) is 0 Å². The molecule has 0 aliphatic rings. The molecule has 0 saturated carbocycles. The maximum atomic E-state index is 7.33. The van der Waals surface area contributed by atoms with Crippen LogP contribution in [0.15, 0.2) is 97.3 Å². The Labute approximate surface area is 242 Å². The molecule has 3 aromatic carbocycles. The largest absolute Gasteiger partial charge is 0.305 e. The van der Waals surface area contributed by atoms with Gasteiger partial charge in [-0.25, -0.2) is 0 Å². The van der Waals surface area contributed by atoms with Crippen LogP contribution < -0.4 is 5.19 Å². The average Bonchev–Trinajstić information content (AvgIpc) is 3.32. The zero-order valence-corrected chi connectivity index (χ0v) is 25.1. The first-order valence-electron chi connectivity index (χ1n) is 13.3. The van der Waals surface area contributed by atoms with E-state index in [2.05, 4.69) is 72.1 Å². The minimum absolute atomic E-state index is 0. The zero-order valence-electron chi connectivity index (χ0n) is 23.9. The van der Waals surface area contributed by atoms with Gasteiger partial charge in [-0.3, -0.25) is 0 Å².